The number of nitrogens with zero attached hydrogens (tertiary/aromatic N) is 3. The fourth-order valence-electron chi connectivity index (χ4n) is 5.11. The maximum atomic E-state index is 4.99. The summed E-state index contributed by atoms with van der Waals surface area (Å²) in [6.07, 6.45) is 3.52. The van der Waals surface area contributed by atoms with Crippen LogP contribution in [-0.4, -0.2) is 14.5 Å². The minimum atomic E-state index is 0.738. The first-order chi connectivity index (χ1) is 17.7. The van der Waals surface area contributed by atoms with E-state index in [2.05, 4.69) is 103 Å². The van der Waals surface area contributed by atoms with Gasteiger partial charge >= 0.3 is 0 Å². The summed E-state index contributed by atoms with van der Waals surface area (Å²) in [4.78, 5) is 9.88. The van der Waals surface area contributed by atoms with Gasteiger partial charge in [0.05, 0.1) is 5.52 Å². The van der Waals surface area contributed by atoms with Crippen molar-refractivity contribution in [3.63, 3.8) is 0 Å². The maximum Gasteiger partial charge on any atom is 0.162 e. The van der Waals surface area contributed by atoms with Crippen LogP contribution in [0.25, 0.3) is 44.1 Å². The third-order valence-electron chi connectivity index (χ3n) is 6.99. The van der Waals surface area contributed by atoms with E-state index >= 15 is 0 Å². The molecular weight excluding hydrogens is 440 g/mol. The molecule has 0 aliphatic heterocycles. The molecule has 0 saturated carbocycles. The number of para-hydroxylation sites is 2. The smallest absolute Gasteiger partial charge is 0.162 e. The monoisotopic (exact) mass is 470 g/mol. The predicted octanol–water partition coefficient (Wildman–Crippen LogP) is 8.51. The van der Waals surface area contributed by atoms with Gasteiger partial charge in [0.15, 0.2) is 5.82 Å². The number of aryl methyl sites for hydroxylation is 2. The maximum absolute atomic E-state index is 4.99. The van der Waals surface area contributed by atoms with Crippen molar-refractivity contribution in [1.82, 2.24) is 14.5 Å². The molecule has 0 fully saturated rings. The van der Waals surface area contributed by atoms with E-state index in [0.717, 1.165) is 46.8 Å². The molecule has 0 aliphatic carbocycles. The lowest BCUT2D eigenvalue weighted by atomic mass is 10.1. The van der Waals surface area contributed by atoms with Crippen LogP contribution in [0.1, 0.15) is 32.3 Å². The van der Waals surface area contributed by atoms with Gasteiger partial charge in [-0.2, -0.15) is 0 Å². The van der Waals surface area contributed by atoms with Gasteiger partial charge in [-0.1, -0.05) is 67.9 Å². The van der Waals surface area contributed by atoms with Gasteiger partial charge in [-0.15, -0.1) is 0 Å². The van der Waals surface area contributed by atoms with Crippen molar-refractivity contribution in [3.05, 3.63) is 96.6 Å². The van der Waals surface area contributed by atoms with Gasteiger partial charge in [-0.3, -0.25) is 0 Å². The summed E-state index contributed by atoms with van der Waals surface area (Å²) in [5.41, 5.74) is 6.87. The number of fused-ring (bicyclic) bond motifs is 4. The van der Waals surface area contributed by atoms with Gasteiger partial charge in [0.1, 0.15) is 5.82 Å². The van der Waals surface area contributed by atoms with Crippen LogP contribution in [0.4, 0.5) is 11.5 Å². The predicted molar refractivity (Wildman–Crippen MR) is 152 cm³/mol. The Morgan fingerprint density at radius 2 is 1.47 bits per heavy atom. The van der Waals surface area contributed by atoms with Crippen molar-refractivity contribution in [2.24, 2.45) is 0 Å². The summed E-state index contributed by atoms with van der Waals surface area (Å²) in [6, 6.07) is 32.1. The summed E-state index contributed by atoms with van der Waals surface area (Å²) in [7, 11) is 0. The van der Waals surface area contributed by atoms with Crippen molar-refractivity contribution in [1.29, 1.82) is 0 Å². The number of anilines is 2. The van der Waals surface area contributed by atoms with Crippen LogP contribution < -0.4 is 5.32 Å². The molecule has 2 aromatic heterocycles. The van der Waals surface area contributed by atoms with Gasteiger partial charge in [0, 0.05) is 45.0 Å². The standard InChI is InChI=1S/C32H30N4/c1-3-5-10-22-15-17-23(18-16-22)31-34-28-13-8-6-12-26(28)32(35-31)33-24-19-20-30-27(21-24)25-11-7-9-14-29(25)36(30)4-2/h6-9,11-21H,3-5,10H2,1-2H3,(H,33,34,35). The van der Waals surface area contributed by atoms with E-state index in [0.29, 0.717) is 0 Å². The van der Waals surface area contributed by atoms with E-state index in [1.165, 1.54) is 40.2 Å². The lowest BCUT2D eigenvalue weighted by molar-refractivity contribution is 0.795. The second-order valence-electron chi connectivity index (χ2n) is 9.33. The van der Waals surface area contributed by atoms with Gasteiger partial charge in [0.2, 0.25) is 0 Å². The number of nitrogens with one attached hydrogen (secondary N) is 1. The second-order valence-corrected chi connectivity index (χ2v) is 9.33. The first kappa shape index (κ1) is 22.3. The Morgan fingerprint density at radius 1 is 0.722 bits per heavy atom. The average Bonchev–Trinajstić information content (AvgIpc) is 3.25. The molecule has 0 amide bonds. The second kappa shape index (κ2) is 9.46. The minimum Gasteiger partial charge on any atom is -0.341 e. The molecule has 6 rings (SSSR count). The molecule has 36 heavy (non-hydrogen) atoms. The summed E-state index contributed by atoms with van der Waals surface area (Å²) in [6.45, 7) is 5.36. The van der Waals surface area contributed by atoms with E-state index in [-0.39, 0.29) is 0 Å². The van der Waals surface area contributed by atoms with Crippen molar-refractivity contribution in [2.75, 3.05) is 5.32 Å². The van der Waals surface area contributed by atoms with E-state index in [9.17, 15) is 0 Å². The summed E-state index contributed by atoms with van der Waals surface area (Å²) < 4.78 is 2.37. The van der Waals surface area contributed by atoms with Crippen LogP contribution in [0.15, 0.2) is 91.0 Å². The molecule has 4 aromatic carbocycles. The van der Waals surface area contributed by atoms with Crippen LogP contribution in [0.5, 0.6) is 0 Å². The Bertz CT molecular complexity index is 1680. The molecule has 4 nitrogen and oxygen atoms in total. The van der Waals surface area contributed by atoms with Crippen LogP contribution in [0, 0.1) is 0 Å². The molecule has 0 bridgehead atoms. The van der Waals surface area contributed by atoms with Crippen LogP contribution in [0.2, 0.25) is 0 Å². The molecular formula is C32H30N4. The average molecular weight is 471 g/mol. The van der Waals surface area contributed by atoms with Crippen molar-refractivity contribution >= 4 is 44.2 Å². The Morgan fingerprint density at radius 3 is 2.28 bits per heavy atom. The first-order valence-electron chi connectivity index (χ1n) is 12.9. The fraction of sp³-hybridized carbons (Fsp3) is 0.188. The van der Waals surface area contributed by atoms with Gasteiger partial charge in [-0.25, -0.2) is 9.97 Å². The molecule has 0 radical (unpaired) electrons. The lowest BCUT2D eigenvalue weighted by Gasteiger charge is -2.12. The van der Waals surface area contributed by atoms with Crippen molar-refractivity contribution in [2.45, 2.75) is 39.7 Å². The molecule has 0 saturated heterocycles. The molecule has 0 atom stereocenters. The van der Waals surface area contributed by atoms with Gasteiger partial charge in [0.25, 0.3) is 0 Å². The molecule has 0 spiro atoms. The quantitative estimate of drug-likeness (QED) is 0.254. The Kier molecular flexibility index (Phi) is 5.86. The molecule has 0 aliphatic rings. The van der Waals surface area contributed by atoms with E-state index in [1.807, 2.05) is 12.1 Å². The Hall–Kier alpha value is -4.18. The zero-order valence-corrected chi connectivity index (χ0v) is 20.8. The molecule has 6 aromatic rings. The zero-order valence-electron chi connectivity index (χ0n) is 20.8. The highest BCUT2D eigenvalue weighted by molar-refractivity contribution is 6.09. The lowest BCUT2D eigenvalue weighted by Crippen LogP contribution is -2.00. The Balaban J connectivity index is 1.42. The van der Waals surface area contributed by atoms with Crippen molar-refractivity contribution in [3.8, 4) is 11.4 Å². The number of aromatic nitrogens is 3. The Labute approximate surface area is 211 Å². The van der Waals surface area contributed by atoms with E-state index in [1.54, 1.807) is 0 Å². The molecule has 4 heteroatoms. The number of hydrogen-bond acceptors (Lipinski definition) is 3. The van der Waals surface area contributed by atoms with E-state index in [4.69, 9.17) is 9.97 Å². The third-order valence-corrected chi connectivity index (χ3v) is 6.99. The van der Waals surface area contributed by atoms with Gasteiger partial charge < -0.3 is 9.88 Å². The number of rotatable bonds is 7. The summed E-state index contributed by atoms with van der Waals surface area (Å²) in [5, 5.41) is 7.15. The van der Waals surface area contributed by atoms with Crippen LogP contribution in [0.3, 0.4) is 0 Å². The van der Waals surface area contributed by atoms with Gasteiger partial charge in [-0.05, 0) is 61.7 Å². The highest BCUT2D eigenvalue weighted by Gasteiger charge is 2.13. The minimum absolute atomic E-state index is 0.738. The molecule has 2 heterocycles. The third kappa shape index (κ3) is 3.99. The van der Waals surface area contributed by atoms with Crippen LogP contribution in [-0.2, 0) is 13.0 Å². The highest BCUT2D eigenvalue weighted by Crippen LogP contribution is 2.33. The van der Waals surface area contributed by atoms with Crippen LogP contribution >= 0.6 is 0 Å². The van der Waals surface area contributed by atoms with E-state index < -0.39 is 0 Å². The molecule has 1 N–H and O–H groups in total. The molecule has 178 valence electrons. The number of hydrogen-bond donors (Lipinski definition) is 1. The molecule has 0 unspecified atom stereocenters. The topological polar surface area (TPSA) is 42.7 Å². The zero-order chi connectivity index (χ0) is 24.5. The number of unbranched alkanes of at least 4 members (excludes halogenated alkanes) is 1. The normalized spacial score (nSPS) is 11.5. The summed E-state index contributed by atoms with van der Waals surface area (Å²) >= 11 is 0. The summed E-state index contributed by atoms with van der Waals surface area (Å²) in [5.74, 6) is 1.56. The largest absolute Gasteiger partial charge is 0.341 e. The first-order valence-corrected chi connectivity index (χ1v) is 12.9. The number of benzene rings is 4. The highest BCUT2D eigenvalue weighted by atomic mass is 15.0. The SMILES string of the molecule is CCCCc1ccc(-c2nc(Nc3ccc4c(c3)c3ccccc3n4CC)c3ccccc3n2)cc1. The fourth-order valence-corrected chi connectivity index (χ4v) is 5.11. The van der Waals surface area contributed by atoms with Crippen molar-refractivity contribution < 1.29 is 0 Å².